The number of aromatic nitrogens is 2. The van der Waals surface area contributed by atoms with E-state index in [1.807, 2.05) is 55.5 Å². The summed E-state index contributed by atoms with van der Waals surface area (Å²) in [6.45, 7) is 6.75. The average Bonchev–Trinajstić information content (AvgIpc) is 2.70. The van der Waals surface area contributed by atoms with Crippen LogP contribution in [-0.2, 0) is 0 Å². The van der Waals surface area contributed by atoms with E-state index in [1.54, 1.807) is 6.07 Å². The number of ether oxygens (including phenoxy) is 1. The van der Waals surface area contributed by atoms with Crippen molar-refractivity contribution in [2.45, 2.75) is 26.7 Å². The number of carbonyl (C=O) groups is 1. The predicted molar refractivity (Wildman–Crippen MR) is 111 cm³/mol. The molecule has 0 aliphatic rings. The first-order valence-corrected chi connectivity index (χ1v) is 9.29. The van der Waals surface area contributed by atoms with Crippen LogP contribution in [0.25, 0.3) is 0 Å². The molecule has 2 N–H and O–H groups in total. The smallest absolute Gasteiger partial charge is 0.274 e. The van der Waals surface area contributed by atoms with Crippen LogP contribution in [0.15, 0.2) is 60.9 Å². The Kier molecular flexibility index (Phi) is 6.22. The lowest BCUT2D eigenvalue weighted by molar-refractivity contribution is 0.102. The van der Waals surface area contributed by atoms with Gasteiger partial charge in [-0.1, -0.05) is 32.0 Å². The van der Waals surface area contributed by atoms with E-state index in [-0.39, 0.29) is 5.91 Å². The topological polar surface area (TPSA) is 76.1 Å². The van der Waals surface area contributed by atoms with Crippen LogP contribution < -0.4 is 15.4 Å². The number of nitrogens with zero attached hydrogens (tertiary/aromatic N) is 2. The molecule has 28 heavy (non-hydrogen) atoms. The summed E-state index contributed by atoms with van der Waals surface area (Å²) in [6, 6.07) is 17.0. The lowest BCUT2D eigenvalue weighted by Crippen LogP contribution is -2.15. The van der Waals surface area contributed by atoms with Gasteiger partial charge in [-0.25, -0.2) is 9.97 Å². The Morgan fingerprint density at radius 1 is 1.07 bits per heavy atom. The summed E-state index contributed by atoms with van der Waals surface area (Å²) in [5, 5.41) is 6.12. The van der Waals surface area contributed by atoms with Crippen LogP contribution in [0.3, 0.4) is 0 Å². The van der Waals surface area contributed by atoms with E-state index in [1.165, 1.54) is 6.33 Å². The van der Waals surface area contributed by atoms with Gasteiger partial charge in [0, 0.05) is 17.4 Å². The molecule has 0 unspecified atom stereocenters. The van der Waals surface area contributed by atoms with Gasteiger partial charge in [-0.2, -0.15) is 0 Å². The quantitative estimate of drug-likeness (QED) is 0.607. The number of benzene rings is 2. The van der Waals surface area contributed by atoms with Gasteiger partial charge in [0.15, 0.2) is 0 Å². The second kappa shape index (κ2) is 8.99. The Morgan fingerprint density at radius 3 is 2.54 bits per heavy atom. The number of anilines is 3. The minimum absolute atomic E-state index is 0.273. The van der Waals surface area contributed by atoms with Crippen LogP contribution in [0.1, 0.15) is 42.7 Å². The third-order valence-electron chi connectivity index (χ3n) is 4.17. The molecule has 3 aromatic rings. The molecule has 1 heterocycles. The van der Waals surface area contributed by atoms with Gasteiger partial charge in [-0.05, 0) is 48.7 Å². The molecular formula is C22H24N4O2. The number of amides is 1. The fourth-order valence-corrected chi connectivity index (χ4v) is 2.80. The van der Waals surface area contributed by atoms with Crippen LogP contribution in [0, 0.1) is 0 Å². The molecule has 6 heteroatoms. The second-order valence-electron chi connectivity index (χ2n) is 6.57. The first kappa shape index (κ1) is 19.4. The predicted octanol–water partition coefficient (Wildman–Crippen LogP) is 4.99. The van der Waals surface area contributed by atoms with E-state index < -0.39 is 0 Å². The van der Waals surface area contributed by atoms with Crippen molar-refractivity contribution in [2.24, 2.45) is 0 Å². The van der Waals surface area contributed by atoms with Crippen molar-refractivity contribution in [2.75, 3.05) is 17.2 Å². The molecular weight excluding hydrogens is 352 g/mol. The van der Waals surface area contributed by atoms with E-state index in [9.17, 15) is 4.79 Å². The van der Waals surface area contributed by atoms with Crippen LogP contribution in [0.2, 0.25) is 0 Å². The minimum Gasteiger partial charge on any atom is -0.494 e. The summed E-state index contributed by atoms with van der Waals surface area (Å²) in [5.41, 5.74) is 3.01. The molecule has 0 aliphatic heterocycles. The first-order valence-electron chi connectivity index (χ1n) is 9.29. The average molecular weight is 376 g/mol. The van der Waals surface area contributed by atoms with Crippen molar-refractivity contribution in [3.05, 3.63) is 72.2 Å². The van der Waals surface area contributed by atoms with Gasteiger partial charge in [0.05, 0.1) is 6.61 Å². The summed E-state index contributed by atoms with van der Waals surface area (Å²) in [4.78, 5) is 21.0. The standard InChI is InChI=1S/C22H24N4O2/c1-4-28-17-11-9-16(10-12-17)25-21-13-20(23-14-24-21)22(27)26-19-8-6-5-7-18(19)15(2)3/h5-15H,4H2,1-3H3,(H,26,27)(H,23,24,25). The lowest BCUT2D eigenvalue weighted by Gasteiger charge is -2.13. The molecule has 3 rings (SSSR count). The van der Waals surface area contributed by atoms with Gasteiger partial charge < -0.3 is 15.4 Å². The van der Waals surface area contributed by atoms with E-state index in [0.717, 1.165) is 22.7 Å². The van der Waals surface area contributed by atoms with Gasteiger partial charge in [0.2, 0.25) is 0 Å². The molecule has 2 aromatic carbocycles. The highest BCUT2D eigenvalue weighted by Crippen LogP contribution is 2.24. The van der Waals surface area contributed by atoms with Crippen LogP contribution >= 0.6 is 0 Å². The van der Waals surface area contributed by atoms with Gasteiger partial charge >= 0.3 is 0 Å². The zero-order valence-electron chi connectivity index (χ0n) is 16.3. The SMILES string of the molecule is CCOc1ccc(Nc2cc(C(=O)Nc3ccccc3C(C)C)ncn2)cc1. The first-order chi connectivity index (χ1) is 13.6. The zero-order chi connectivity index (χ0) is 19.9. The Morgan fingerprint density at radius 2 is 1.82 bits per heavy atom. The summed E-state index contributed by atoms with van der Waals surface area (Å²) in [5.74, 6) is 1.38. The third kappa shape index (κ3) is 4.85. The molecule has 0 bridgehead atoms. The van der Waals surface area contributed by atoms with Crippen molar-refractivity contribution in [3.63, 3.8) is 0 Å². The van der Waals surface area contributed by atoms with E-state index in [4.69, 9.17) is 4.74 Å². The van der Waals surface area contributed by atoms with Gasteiger partial charge in [-0.3, -0.25) is 4.79 Å². The monoisotopic (exact) mass is 376 g/mol. The zero-order valence-corrected chi connectivity index (χ0v) is 16.3. The Balaban J connectivity index is 1.73. The summed E-state index contributed by atoms with van der Waals surface area (Å²) in [6.07, 6.45) is 1.38. The highest BCUT2D eigenvalue weighted by atomic mass is 16.5. The third-order valence-corrected chi connectivity index (χ3v) is 4.17. The molecule has 0 aliphatic carbocycles. The number of para-hydroxylation sites is 1. The van der Waals surface area contributed by atoms with Crippen LogP contribution in [0.5, 0.6) is 5.75 Å². The second-order valence-corrected chi connectivity index (χ2v) is 6.57. The maximum atomic E-state index is 12.7. The van der Waals surface area contributed by atoms with Crippen molar-refractivity contribution in [3.8, 4) is 5.75 Å². The fourth-order valence-electron chi connectivity index (χ4n) is 2.80. The molecule has 6 nitrogen and oxygen atoms in total. The lowest BCUT2D eigenvalue weighted by atomic mass is 10.0. The Hall–Kier alpha value is -3.41. The Bertz CT molecular complexity index is 939. The molecule has 0 atom stereocenters. The maximum Gasteiger partial charge on any atom is 0.274 e. The van der Waals surface area contributed by atoms with E-state index in [0.29, 0.717) is 24.0 Å². The van der Waals surface area contributed by atoms with Crippen molar-refractivity contribution < 1.29 is 9.53 Å². The number of hydrogen-bond acceptors (Lipinski definition) is 5. The molecule has 1 aromatic heterocycles. The summed E-state index contributed by atoms with van der Waals surface area (Å²) in [7, 11) is 0. The maximum absolute atomic E-state index is 12.7. The molecule has 0 fully saturated rings. The molecule has 0 saturated heterocycles. The van der Waals surface area contributed by atoms with Crippen LogP contribution in [-0.4, -0.2) is 22.5 Å². The van der Waals surface area contributed by atoms with Gasteiger partial charge in [0.25, 0.3) is 5.91 Å². The van der Waals surface area contributed by atoms with Crippen molar-refractivity contribution in [1.29, 1.82) is 0 Å². The number of rotatable bonds is 7. The summed E-state index contributed by atoms with van der Waals surface area (Å²) < 4.78 is 5.44. The van der Waals surface area contributed by atoms with Gasteiger partial charge in [0.1, 0.15) is 23.6 Å². The molecule has 1 amide bonds. The largest absolute Gasteiger partial charge is 0.494 e. The minimum atomic E-state index is -0.273. The van der Waals surface area contributed by atoms with Crippen LogP contribution in [0.4, 0.5) is 17.2 Å². The van der Waals surface area contributed by atoms with Gasteiger partial charge in [-0.15, -0.1) is 0 Å². The highest BCUT2D eigenvalue weighted by molar-refractivity contribution is 6.03. The van der Waals surface area contributed by atoms with E-state index >= 15 is 0 Å². The van der Waals surface area contributed by atoms with Crippen molar-refractivity contribution in [1.82, 2.24) is 9.97 Å². The molecule has 0 radical (unpaired) electrons. The Labute approximate surface area is 165 Å². The number of nitrogens with one attached hydrogen (secondary N) is 2. The molecule has 144 valence electrons. The highest BCUT2D eigenvalue weighted by Gasteiger charge is 2.13. The molecule has 0 saturated carbocycles. The number of carbonyl (C=O) groups excluding carboxylic acids is 1. The van der Waals surface area contributed by atoms with E-state index in [2.05, 4.69) is 34.4 Å². The fraction of sp³-hybridized carbons (Fsp3) is 0.227. The normalized spacial score (nSPS) is 10.6. The summed E-state index contributed by atoms with van der Waals surface area (Å²) >= 11 is 0. The van der Waals surface area contributed by atoms with Crippen molar-refractivity contribution >= 4 is 23.1 Å². The number of hydrogen-bond donors (Lipinski definition) is 2. The molecule has 0 spiro atoms.